The van der Waals surface area contributed by atoms with Gasteiger partial charge in [-0.05, 0) is 25.8 Å². The van der Waals surface area contributed by atoms with Gasteiger partial charge in [0.25, 0.3) is 0 Å². The van der Waals surface area contributed by atoms with Crippen LogP contribution in [0.15, 0.2) is 30.3 Å². The summed E-state index contributed by atoms with van der Waals surface area (Å²) < 4.78 is 11.1. The average Bonchev–Trinajstić information content (AvgIpc) is 2.87. The Bertz CT molecular complexity index is 467. The van der Waals surface area contributed by atoms with Gasteiger partial charge in [0.05, 0.1) is 6.10 Å². The number of carboxylic acids is 1. The van der Waals surface area contributed by atoms with Crippen LogP contribution in [0, 0.1) is 0 Å². The van der Waals surface area contributed by atoms with Gasteiger partial charge < -0.3 is 14.6 Å². The van der Waals surface area contributed by atoms with E-state index in [4.69, 9.17) is 14.6 Å². The largest absolute Gasteiger partial charge is 0.490 e. The highest BCUT2D eigenvalue weighted by molar-refractivity contribution is 5.72. The van der Waals surface area contributed by atoms with Crippen LogP contribution in [0.25, 0.3) is 6.08 Å². The van der Waals surface area contributed by atoms with Crippen LogP contribution in [0.4, 0.5) is 0 Å². The third-order valence-electron chi connectivity index (χ3n) is 3.07. The predicted molar refractivity (Wildman–Crippen MR) is 72.2 cm³/mol. The van der Waals surface area contributed by atoms with Crippen LogP contribution >= 0.6 is 0 Å². The molecule has 1 N–H and O–H groups in total. The molecule has 1 saturated heterocycles. The molecule has 1 aromatic rings. The minimum atomic E-state index is -0.892. The van der Waals surface area contributed by atoms with Gasteiger partial charge in [0, 0.05) is 5.56 Å². The molecule has 102 valence electrons. The van der Waals surface area contributed by atoms with Crippen molar-refractivity contribution in [1.82, 2.24) is 0 Å². The first kappa shape index (κ1) is 13.6. The first-order chi connectivity index (χ1) is 9.20. The Kier molecular flexibility index (Phi) is 4.58. The number of aliphatic carboxylic acids is 1. The lowest BCUT2D eigenvalue weighted by Gasteiger charge is -2.14. The smallest absolute Gasteiger partial charge is 0.332 e. The van der Waals surface area contributed by atoms with Gasteiger partial charge in [-0.2, -0.15) is 0 Å². The second kappa shape index (κ2) is 6.38. The van der Waals surface area contributed by atoms with E-state index in [2.05, 4.69) is 0 Å². The Morgan fingerprint density at radius 1 is 1.47 bits per heavy atom. The first-order valence-corrected chi connectivity index (χ1v) is 6.43. The summed E-state index contributed by atoms with van der Waals surface area (Å²) in [6, 6.07) is 7.75. The fourth-order valence-corrected chi connectivity index (χ4v) is 2.12. The van der Waals surface area contributed by atoms with Crippen molar-refractivity contribution in [3.63, 3.8) is 0 Å². The number of ether oxygens (including phenoxy) is 2. The lowest BCUT2D eigenvalue weighted by molar-refractivity contribution is -0.149. The molecule has 0 spiro atoms. The van der Waals surface area contributed by atoms with Crippen LogP contribution in [0.3, 0.4) is 0 Å². The lowest BCUT2D eigenvalue weighted by Crippen LogP contribution is -2.23. The number of allylic oxidation sites excluding steroid dienone is 1. The van der Waals surface area contributed by atoms with Gasteiger partial charge in [0.15, 0.2) is 6.10 Å². The van der Waals surface area contributed by atoms with Crippen LogP contribution in [0.1, 0.15) is 25.3 Å². The number of carboxylic acid groups (broad SMARTS) is 1. The van der Waals surface area contributed by atoms with Crippen molar-refractivity contribution in [1.29, 1.82) is 0 Å². The Morgan fingerprint density at radius 2 is 2.26 bits per heavy atom. The van der Waals surface area contributed by atoms with Gasteiger partial charge in [-0.1, -0.05) is 30.4 Å². The van der Waals surface area contributed by atoms with Crippen molar-refractivity contribution in [2.45, 2.75) is 32.0 Å². The standard InChI is InChI=1S/C15H18O4/c1-2-5-11-6-3-4-7-13(11)18-10-12-8-9-14(19-12)15(16)17/h2-7,12,14H,8-10H2,1H3,(H,16,17)/b5-2+. The number of hydrogen-bond acceptors (Lipinski definition) is 3. The molecular formula is C15H18O4. The molecule has 1 aromatic carbocycles. The Morgan fingerprint density at radius 3 is 2.95 bits per heavy atom. The van der Waals surface area contributed by atoms with Crippen molar-refractivity contribution in [3.05, 3.63) is 35.9 Å². The molecule has 1 aliphatic heterocycles. The van der Waals surface area contributed by atoms with Gasteiger partial charge in [0.2, 0.25) is 0 Å². The van der Waals surface area contributed by atoms with Crippen LogP contribution in [0.2, 0.25) is 0 Å². The van der Waals surface area contributed by atoms with Crippen LogP contribution in [-0.4, -0.2) is 29.9 Å². The number of para-hydroxylation sites is 1. The molecule has 1 heterocycles. The van der Waals surface area contributed by atoms with Crippen molar-refractivity contribution in [2.24, 2.45) is 0 Å². The highest BCUT2D eigenvalue weighted by atomic mass is 16.6. The van der Waals surface area contributed by atoms with Gasteiger partial charge in [-0.3, -0.25) is 0 Å². The molecule has 1 fully saturated rings. The molecule has 4 nitrogen and oxygen atoms in total. The molecule has 2 atom stereocenters. The number of benzene rings is 1. The second-order valence-electron chi connectivity index (χ2n) is 4.51. The van der Waals surface area contributed by atoms with Crippen molar-refractivity contribution in [2.75, 3.05) is 6.61 Å². The molecule has 2 rings (SSSR count). The maximum atomic E-state index is 10.8. The maximum absolute atomic E-state index is 10.8. The van der Waals surface area contributed by atoms with Gasteiger partial charge in [0.1, 0.15) is 12.4 Å². The minimum Gasteiger partial charge on any atom is -0.490 e. The first-order valence-electron chi connectivity index (χ1n) is 6.43. The highest BCUT2D eigenvalue weighted by Crippen LogP contribution is 2.23. The summed E-state index contributed by atoms with van der Waals surface area (Å²) in [7, 11) is 0. The molecule has 1 aliphatic rings. The molecule has 19 heavy (non-hydrogen) atoms. The van der Waals surface area contributed by atoms with Crippen molar-refractivity contribution < 1.29 is 19.4 Å². The summed E-state index contributed by atoms with van der Waals surface area (Å²) in [5, 5.41) is 8.86. The molecule has 0 aliphatic carbocycles. The van der Waals surface area contributed by atoms with Gasteiger partial charge in [-0.15, -0.1) is 0 Å². The molecular weight excluding hydrogens is 244 g/mol. The van der Waals surface area contributed by atoms with Crippen LogP contribution < -0.4 is 4.74 Å². The average molecular weight is 262 g/mol. The molecule has 4 heteroatoms. The number of rotatable bonds is 5. The third-order valence-corrected chi connectivity index (χ3v) is 3.07. The van der Waals surface area contributed by atoms with Crippen LogP contribution in [0.5, 0.6) is 5.75 Å². The number of carbonyl (C=O) groups is 1. The summed E-state index contributed by atoms with van der Waals surface area (Å²) in [6.45, 7) is 2.34. The fourth-order valence-electron chi connectivity index (χ4n) is 2.12. The maximum Gasteiger partial charge on any atom is 0.332 e. The topological polar surface area (TPSA) is 55.8 Å². The van der Waals surface area contributed by atoms with Crippen molar-refractivity contribution in [3.8, 4) is 5.75 Å². The lowest BCUT2D eigenvalue weighted by atomic mass is 10.2. The molecule has 0 amide bonds. The molecule has 2 unspecified atom stereocenters. The van der Waals surface area contributed by atoms with E-state index in [0.29, 0.717) is 13.0 Å². The van der Waals surface area contributed by atoms with Crippen LogP contribution in [-0.2, 0) is 9.53 Å². The fraction of sp³-hybridized carbons (Fsp3) is 0.400. The third kappa shape index (κ3) is 3.58. The SMILES string of the molecule is C/C=C/c1ccccc1OCC1CCC(C(=O)O)O1. The molecule has 0 aromatic heterocycles. The van der Waals surface area contributed by atoms with E-state index < -0.39 is 12.1 Å². The zero-order valence-corrected chi connectivity index (χ0v) is 10.9. The van der Waals surface area contributed by atoms with Gasteiger partial charge in [-0.25, -0.2) is 4.79 Å². The van der Waals surface area contributed by atoms with E-state index in [9.17, 15) is 4.79 Å². The number of hydrogen-bond donors (Lipinski definition) is 1. The summed E-state index contributed by atoms with van der Waals surface area (Å²) >= 11 is 0. The summed E-state index contributed by atoms with van der Waals surface area (Å²) in [6.07, 6.45) is 4.39. The predicted octanol–water partition coefficient (Wildman–Crippen LogP) is 2.73. The quantitative estimate of drug-likeness (QED) is 0.886. The molecule has 0 bridgehead atoms. The highest BCUT2D eigenvalue weighted by Gasteiger charge is 2.30. The molecule has 0 saturated carbocycles. The Balaban J connectivity index is 1.91. The zero-order chi connectivity index (χ0) is 13.7. The summed E-state index contributed by atoms with van der Waals surface area (Å²) in [4.78, 5) is 10.8. The normalized spacial score (nSPS) is 22.8. The van der Waals surface area contributed by atoms with E-state index in [0.717, 1.165) is 17.7 Å². The van der Waals surface area contributed by atoms with E-state index in [1.807, 2.05) is 43.3 Å². The molecule has 0 radical (unpaired) electrons. The zero-order valence-electron chi connectivity index (χ0n) is 10.9. The summed E-state index contributed by atoms with van der Waals surface area (Å²) in [5.74, 6) is -0.0974. The van der Waals surface area contributed by atoms with Crippen molar-refractivity contribution >= 4 is 12.0 Å². The van der Waals surface area contributed by atoms with E-state index in [1.54, 1.807) is 0 Å². The van der Waals surface area contributed by atoms with E-state index >= 15 is 0 Å². The minimum absolute atomic E-state index is 0.139. The monoisotopic (exact) mass is 262 g/mol. The van der Waals surface area contributed by atoms with Gasteiger partial charge >= 0.3 is 5.97 Å². The second-order valence-corrected chi connectivity index (χ2v) is 4.51. The Labute approximate surface area is 112 Å². The van der Waals surface area contributed by atoms with E-state index in [1.165, 1.54) is 0 Å². The van der Waals surface area contributed by atoms with E-state index in [-0.39, 0.29) is 6.10 Å². The Hall–Kier alpha value is -1.81. The summed E-state index contributed by atoms with van der Waals surface area (Å²) in [5.41, 5.74) is 1.01.